The van der Waals surface area contributed by atoms with Crippen LogP contribution in [0.25, 0.3) is 0 Å². The van der Waals surface area contributed by atoms with E-state index in [1.54, 1.807) is 20.8 Å². The summed E-state index contributed by atoms with van der Waals surface area (Å²) in [6.07, 6.45) is 0. The number of carbonyl (C=O) groups is 2. The quantitative estimate of drug-likeness (QED) is 0.504. The molecular formula is C16H27ClN4O5S. The molecule has 0 saturated carbocycles. The van der Waals surface area contributed by atoms with Gasteiger partial charge in [-0.15, -0.1) is 12.4 Å². The number of nitrogens with zero attached hydrogens (tertiary/aromatic N) is 1. The van der Waals surface area contributed by atoms with Gasteiger partial charge < -0.3 is 21.1 Å². The van der Waals surface area contributed by atoms with Crippen LogP contribution in [0.1, 0.15) is 20.8 Å². The van der Waals surface area contributed by atoms with E-state index in [9.17, 15) is 18.0 Å². The molecule has 0 spiro atoms. The minimum atomic E-state index is -3.77. The normalized spacial score (nSPS) is 10.9. The average Bonchev–Trinajstić information content (AvgIpc) is 2.61. The van der Waals surface area contributed by atoms with Gasteiger partial charge in [-0.1, -0.05) is 13.8 Å². The Labute approximate surface area is 166 Å². The molecule has 0 aliphatic carbocycles. The van der Waals surface area contributed by atoms with Crippen molar-refractivity contribution >= 4 is 39.9 Å². The van der Waals surface area contributed by atoms with Gasteiger partial charge in [0.05, 0.1) is 19.7 Å². The number of ether oxygens (including phenoxy) is 1. The molecule has 0 aromatic heterocycles. The highest BCUT2D eigenvalue weighted by molar-refractivity contribution is 7.89. The van der Waals surface area contributed by atoms with Gasteiger partial charge in [0, 0.05) is 18.8 Å². The van der Waals surface area contributed by atoms with Crippen LogP contribution in [0.4, 0.5) is 5.69 Å². The molecule has 0 unspecified atom stereocenters. The third-order valence-corrected chi connectivity index (χ3v) is 5.55. The van der Waals surface area contributed by atoms with Crippen LogP contribution in [0.5, 0.6) is 5.75 Å². The van der Waals surface area contributed by atoms with Crippen LogP contribution in [-0.4, -0.2) is 57.3 Å². The molecule has 0 atom stereocenters. The topological polar surface area (TPSA) is 131 Å². The van der Waals surface area contributed by atoms with E-state index >= 15 is 0 Å². The van der Waals surface area contributed by atoms with Gasteiger partial charge in [-0.25, -0.2) is 8.42 Å². The molecule has 154 valence electrons. The molecule has 0 aliphatic rings. The molecule has 1 aromatic rings. The van der Waals surface area contributed by atoms with Crippen molar-refractivity contribution in [2.75, 3.05) is 38.1 Å². The summed E-state index contributed by atoms with van der Waals surface area (Å²) in [5, 5.41) is 4.88. The summed E-state index contributed by atoms with van der Waals surface area (Å²) in [6, 6.07) is 4.38. The zero-order valence-electron chi connectivity index (χ0n) is 15.6. The van der Waals surface area contributed by atoms with Gasteiger partial charge in [-0.2, -0.15) is 4.31 Å². The summed E-state index contributed by atoms with van der Waals surface area (Å²) < 4.78 is 32.4. The van der Waals surface area contributed by atoms with E-state index in [0.717, 1.165) is 0 Å². The standard InChI is InChI=1S/C16H26N4O5S.ClH/c1-4-20(5-2)26(23,24)14-9-12(7-8-13(14)25-6-3)19-16(22)11-18-15(21)10-17;/h7-9H,4-6,10-11,17H2,1-3H3,(H,18,21)(H,19,22);1H. The first kappa shape index (κ1) is 25.1. The Morgan fingerprint density at radius 1 is 1.15 bits per heavy atom. The minimum absolute atomic E-state index is 0. The molecule has 0 bridgehead atoms. The molecule has 11 heteroatoms. The molecule has 0 aliphatic heterocycles. The molecule has 0 heterocycles. The molecule has 0 radical (unpaired) electrons. The number of sulfonamides is 1. The second-order valence-corrected chi connectivity index (χ2v) is 7.12. The zero-order valence-corrected chi connectivity index (χ0v) is 17.3. The van der Waals surface area contributed by atoms with E-state index in [-0.39, 0.29) is 41.8 Å². The number of anilines is 1. The Bertz CT molecular complexity index is 738. The maximum atomic E-state index is 12.8. The number of halogens is 1. The third-order valence-electron chi connectivity index (χ3n) is 3.48. The number of benzene rings is 1. The second kappa shape index (κ2) is 11.8. The minimum Gasteiger partial charge on any atom is -0.492 e. The van der Waals surface area contributed by atoms with E-state index in [1.165, 1.54) is 22.5 Å². The van der Waals surface area contributed by atoms with Crippen molar-refractivity contribution in [2.45, 2.75) is 25.7 Å². The molecule has 9 nitrogen and oxygen atoms in total. The number of nitrogens with two attached hydrogens (primary N) is 1. The molecule has 27 heavy (non-hydrogen) atoms. The Kier molecular flexibility index (Phi) is 10.9. The highest BCUT2D eigenvalue weighted by Crippen LogP contribution is 2.30. The lowest BCUT2D eigenvalue weighted by molar-refractivity contribution is -0.123. The number of hydrogen-bond acceptors (Lipinski definition) is 6. The van der Waals surface area contributed by atoms with E-state index in [4.69, 9.17) is 10.5 Å². The third kappa shape index (κ3) is 6.98. The number of nitrogens with one attached hydrogen (secondary N) is 2. The van der Waals surface area contributed by atoms with Crippen molar-refractivity contribution in [3.8, 4) is 5.75 Å². The summed E-state index contributed by atoms with van der Waals surface area (Å²) in [5.41, 5.74) is 5.43. The fourth-order valence-electron chi connectivity index (χ4n) is 2.22. The van der Waals surface area contributed by atoms with Crippen LogP contribution in [0.3, 0.4) is 0 Å². The molecular weight excluding hydrogens is 396 g/mol. The Hall–Kier alpha value is -1.88. The lowest BCUT2D eigenvalue weighted by Crippen LogP contribution is -2.36. The van der Waals surface area contributed by atoms with Crippen molar-refractivity contribution in [2.24, 2.45) is 5.73 Å². The summed E-state index contributed by atoms with van der Waals surface area (Å²) in [6.45, 7) is 5.68. The zero-order chi connectivity index (χ0) is 19.7. The van der Waals surface area contributed by atoms with Crippen LogP contribution in [-0.2, 0) is 19.6 Å². The van der Waals surface area contributed by atoms with Crippen LogP contribution >= 0.6 is 12.4 Å². The van der Waals surface area contributed by atoms with Crippen molar-refractivity contribution in [1.82, 2.24) is 9.62 Å². The summed E-state index contributed by atoms with van der Waals surface area (Å²) in [5.74, 6) is -0.743. The van der Waals surface area contributed by atoms with E-state index in [0.29, 0.717) is 19.7 Å². The first-order chi connectivity index (χ1) is 12.3. The maximum absolute atomic E-state index is 12.8. The molecule has 1 aromatic carbocycles. The number of hydrogen-bond donors (Lipinski definition) is 3. The van der Waals surface area contributed by atoms with Gasteiger partial charge in [0.1, 0.15) is 10.6 Å². The maximum Gasteiger partial charge on any atom is 0.246 e. The molecule has 4 N–H and O–H groups in total. The van der Waals surface area contributed by atoms with Crippen LogP contribution in [0.15, 0.2) is 23.1 Å². The summed E-state index contributed by atoms with van der Waals surface area (Å²) >= 11 is 0. The Morgan fingerprint density at radius 2 is 1.78 bits per heavy atom. The number of amides is 2. The SMILES string of the molecule is CCOc1ccc(NC(=O)CNC(=O)CN)cc1S(=O)(=O)N(CC)CC.Cl. The molecule has 0 saturated heterocycles. The van der Waals surface area contributed by atoms with Crippen molar-refractivity contribution in [3.05, 3.63) is 18.2 Å². The smallest absolute Gasteiger partial charge is 0.246 e. The lowest BCUT2D eigenvalue weighted by Gasteiger charge is -2.21. The summed E-state index contributed by atoms with van der Waals surface area (Å²) in [4.78, 5) is 23.0. The van der Waals surface area contributed by atoms with E-state index in [1.807, 2.05) is 0 Å². The fraction of sp³-hybridized carbons (Fsp3) is 0.500. The Morgan fingerprint density at radius 3 is 2.30 bits per heavy atom. The van der Waals surface area contributed by atoms with E-state index in [2.05, 4.69) is 10.6 Å². The van der Waals surface area contributed by atoms with Crippen molar-refractivity contribution < 1.29 is 22.7 Å². The number of carbonyl (C=O) groups excluding carboxylic acids is 2. The van der Waals surface area contributed by atoms with Crippen molar-refractivity contribution in [3.63, 3.8) is 0 Å². The second-order valence-electron chi connectivity index (χ2n) is 5.21. The first-order valence-electron chi connectivity index (χ1n) is 8.33. The van der Waals surface area contributed by atoms with Crippen LogP contribution in [0, 0.1) is 0 Å². The number of rotatable bonds is 10. The van der Waals surface area contributed by atoms with Gasteiger partial charge in [-0.05, 0) is 25.1 Å². The van der Waals surface area contributed by atoms with Gasteiger partial charge in [0.2, 0.25) is 21.8 Å². The monoisotopic (exact) mass is 422 g/mol. The van der Waals surface area contributed by atoms with Gasteiger partial charge in [0.15, 0.2) is 0 Å². The Balaban J connectivity index is 0.00000676. The predicted molar refractivity (Wildman–Crippen MR) is 106 cm³/mol. The lowest BCUT2D eigenvalue weighted by atomic mass is 10.3. The summed E-state index contributed by atoms with van der Waals surface area (Å²) in [7, 11) is -3.77. The van der Waals surface area contributed by atoms with Crippen LogP contribution in [0.2, 0.25) is 0 Å². The van der Waals surface area contributed by atoms with Gasteiger partial charge >= 0.3 is 0 Å². The van der Waals surface area contributed by atoms with E-state index < -0.39 is 21.8 Å². The highest BCUT2D eigenvalue weighted by Gasteiger charge is 2.26. The fourth-order valence-corrected chi connectivity index (χ4v) is 3.84. The molecule has 1 rings (SSSR count). The largest absolute Gasteiger partial charge is 0.492 e. The van der Waals surface area contributed by atoms with Gasteiger partial charge in [0.25, 0.3) is 0 Å². The van der Waals surface area contributed by atoms with Crippen LogP contribution < -0.4 is 21.1 Å². The highest BCUT2D eigenvalue weighted by atomic mass is 35.5. The van der Waals surface area contributed by atoms with Crippen molar-refractivity contribution in [1.29, 1.82) is 0 Å². The average molecular weight is 423 g/mol. The predicted octanol–water partition coefficient (Wildman–Crippen LogP) is 0.551. The molecule has 2 amide bonds. The first-order valence-corrected chi connectivity index (χ1v) is 9.77. The van der Waals surface area contributed by atoms with Gasteiger partial charge in [-0.3, -0.25) is 9.59 Å². The molecule has 0 fully saturated rings.